The van der Waals surface area contributed by atoms with E-state index in [9.17, 15) is 9.18 Å². The van der Waals surface area contributed by atoms with E-state index in [1.165, 1.54) is 17.7 Å². The van der Waals surface area contributed by atoms with Crippen LogP contribution in [0.3, 0.4) is 0 Å². The number of para-hydroxylation sites is 1. The third kappa shape index (κ3) is 3.90. The van der Waals surface area contributed by atoms with Gasteiger partial charge in [-0.05, 0) is 74.8 Å². The summed E-state index contributed by atoms with van der Waals surface area (Å²) in [5.74, 6) is 0.737. The molecule has 31 heavy (non-hydrogen) atoms. The van der Waals surface area contributed by atoms with Gasteiger partial charge < -0.3 is 9.30 Å². The SMILES string of the molecule is O=C(CCCN1CCCC2(C1)Oc1ccccc1C2n1cccc1)c1ccc(F)cc1. The summed E-state index contributed by atoms with van der Waals surface area (Å²) >= 11 is 0. The van der Waals surface area contributed by atoms with Crippen LogP contribution in [0.25, 0.3) is 0 Å². The predicted molar refractivity (Wildman–Crippen MR) is 118 cm³/mol. The van der Waals surface area contributed by atoms with Gasteiger partial charge in [0.2, 0.25) is 0 Å². The summed E-state index contributed by atoms with van der Waals surface area (Å²) < 4.78 is 22.0. The van der Waals surface area contributed by atoms with Gasteiger partial charge >= 0.3 is 0 Å². The van der Waals surface area contributed by atoms with Crippen LogP contribution in [0.2, 0.25) is 0 Å². The van der Waals surface area contributed by atoms with E-state index in [1.54, 1.807) is 12.1 Å². The van der Waals surface area contributed by atoms with E-state index in [0.717, 1.165) is 44.6 Å². The monoisotopic (exact) mass is 418 g/mol. The molecule has 0 aliphatic carbocycles. The molecule has 3 aromatic rings. The van der Waals surface area contributed by atoms with Crippen LogP contribution in [0.5, 0.6) is 5.75 Å². The van der Waals surface area contributed by atoms with Crippen molar-refractivity contribution in [2.75, 3.05) is 19.6 Å². The first kappa shape index (κ1) is 20.0. The summed E-state index contributed by atoms with van der Waals surface area (Å²) in [5, 5.41) is 0. The fourth-order valence-corrected chi connectivity index (χ4v) is 5.19. The third-order valence-corrected chi connectivity index (χ3v) is 6.56. The fourth-order valence-electron chi connectivity index (χ4n) is 5.19. The minimum absolute atomic E-state index is 0.0708. The van der Waals surface area contributed by atoms with Crippen LogP contribution in [0.4, 0.5) is 4.39 Å². The van der Waals surface area contributed by atoms with Gasteiger partial charge in [-0.2, -0.15) is 0 Å². The van der Waals surface area contributed by atoms with Gasteiger partial charge in [0.25, 0.3) is 0 Å². The maximum absolute atomic E-state index is 13.1. The number of fused-ring (bicyclic) bond motifs is 1. The largest absolute Gasteiger partial charge is 0.483 e. The van der Waals surface area contributed by atoms with Crippen molar-refractivity contribution in [3.8, 4) is 5.75 Å². The van der Waals surface area contributed by atoms with E-state index >= 15 is 0 Å². The van der Waals surface area contributed by atoms with Crippen LogP contribution in [0.1, 0.15) is 47.6 Å². The van der Waals surface area contributed by atoms with E-state index in [4.69, 9.17) is 4.74 Å². The van der Waals surface area contributed by atoms with Crippen molar-refractivity contribution >= 4 is 5.78 Å². The smallest absolute Gasteiger partial charge is 0.162 e. The predicted octanol–water partition coefficient (Wildman–Crippen LogP) is 5.11. The number of likely N-dealkylation sites (tertiary alicyclic amines) is 1. The number of hydrogen-bond acceptors (Lipinski definition) is 3. The number of piperidine rings is 1. The summed E-state index contributed by atoms with van der Waals surface area (Å²) in [6, 6.07) is 18.5. The Morgan fingerprint density at radius 1 is 1.06 bits per heavy atom. The van der Waals surface area contributed by atoms with Crippen molar-refractivity contribution in [3.05, 3.63) is 90.0 Å². The lowest BCUT2D eigenvalue weighted by atomic mass is 9.83. The lowest BCUT2D eigenvalue weighted by Crippen LogP contribution is -2.54. The molecular formula is C26H27FN2O2. The lowest BCUT2D eigenvalue weighted by molar-refractivity contribution is -0.0172. The van der Waals surface area contributed by atoms with Crippen LogP contribution in [0, 0.1) is 5.82 Å². The number of carbonyl (C=O) groups is 1. The van der Waals surface area contributed by atoms with E-state index in [2.05, 4.69) is 52.2 Å². The van der Waals surface area contributed by atoms with Crippen molar-refractivity contribution in [3.63, 3.8) is 0 Å². The zero-order chi connectivity index (χ0) is 21.3. The van der Waals surface area contributed by atoms with Crippen LogP contribution in [-0.4, -0.2) is 40.5 Å². The summed E-state index contributed by atoms with van der Waals surface area (Å²) in [7, 11) is 0. The normalized spacial score (nSPS) is 22.9. The molecule has 1 spiro atoms. The van der Waals surface area contributed by atoms with Crippen LogP contribution >= 0.6 is 0 Å². The second-order valence-electron chi connectivity index (χ2n) is 8.65. The van der Waals surface area contributed by atoms with E-state index < -0.39 is 0 Å². The number of hydrogen-bond donors (Lipinski definition) is 0. The molecule has 1 saturated heterocycles. The summed E-state index contributed by atoms with van der Waals surface area (Å²) in [6.07, 6.45) is 7.58. The average Bonchev–Trinajstić information content (AvgIpc) is 3.39. The van der Waals surface area contributed by atoms with Crippen molar-refractivity contribution in [2.45, 2.75) is 37.3 Å². The first-order valence-electron chi connectivity index (χ1n) is 11.1. The number of Topliss-reactive ketones (excluding diaryl/α,β-unsaturated/α-hetero) is 1. The molecule has 5 rings (SSSR count). The van der Waals surface area contributed by atoms with Crippen molar-refractivity contribution in [1.82, 2.24) is 9.47 Å². The molecule has 3 heterocycles. The summed E-state index contributed by atoms with van der Waals surface area (Å²) in [5.41, 5.74) is 1.54. The number of nitrogens with zero attached hydrogens (tertiary/aromatic N) is 2. The van der Waals surface area contributed by atoms with Crippen LogP contribution in [-0.2, 0) is 0 Å². The Balaban J connectivity index is 1.27. The molecule has 2 aliphatic heterocycles. The van der Waals surface area contributed by atoms with Gasteiger partial charge in [-0.15, -0.1) is 0 Å². The molecule has 4 nitrogen and oxygen atoms in total. The highest BCUT2D eigenvalue weighted by atomic mass is 19.1. The highest BCUT2D eigenvalue weighted by Crippen LogP contribution is 2.49. The Morgan fingerprint density at radius 2 is 1.84 bits per heavy atom. The van der Waals surface area contributed by atoms with Gasteiger partial charge in [-0.3, -0.25) is 9.69 Å². The van der Waals surface area contributed by atoms with Gasteiger partial charge in [0.1, 0.15) is 23.2 Å². The lowest BCUT2D eigenvalue weighted by Gasteiger charge is -2.43. The minimum Gasteiger partial charge on any atom is -0.483 e. The zero-order valence-electron chi connectivity index (χ0n) is 17.5. The van der Waals surface area contributed by atoms with Crippen LogP contribution in [0.15, 0.2) is 73.1 Å². The molecule has 2 unspecified atom stereocenters. The van der Waals surface area contributed by atoms with Crippen molar-refractivity contribution < 1.29 is 13.9 Å². The molecule has 0 radical (unpaired) electrons. The Hall–Kier alpha value is -2.92. The number of ether oxygens (including phenoxy) is 1. The van der Waals surface area contributed by atoms with Gasteiger partial charge in [0, 0.05) is 36.5 Å². The zero-order valence-corrected chi connectivity index (χ0v) is 17.5. The van der Waals surface area contributed by atoms with Gasteiger partial charge in [0.15, 0.2) is 5.78 Å². The Labute approximate surface area is 182 Å². The quantitative estimate of drug-likeness (QED) is 0.522. The molecule has 2 aromatic carbocycles. The standard InChI is InChI=1S/C26H27FN2O2/c27-21-12-10-20(11-13-21)23(30)8-5-15-28-16-6-14-26(19-28)25(29-17-3-4-18-29)22-7-1-2-9-24(22)31-26/h1-4,7,9-13,17-18,25H,5-6,8,14-16,19H2. The maximum atomic E-state index is 13.1. The van der Waals surface area contributed by atoms with E-state index in [-0.39, 0.29) is 23.2 Å². The number of halogens is 1. The van der Waals surface area contributed by atoms with Gasteiger partial charge in [-0.25, -0.2) is 4.39 Å². The maximum Gasteiger partial charge on any atom is 0.162 e. The second-order valence-corrected chi connectivity index (χ2v) is 8.65. The molecule has 0 saturated carbocycles. The molecular weight excluding hydrogens is 391 g/mol. The molecule has 0 amide bonds. The van der Waals surface area contributed by atoms with E-state index in [0.29, 0.717) is 12.0 Å². The first-order chi connectivity index (χ1) is 15.1. The summed E-state index contributed by atoms with van der Waals surface area (Å²) in [6.45, 7) is 2.71. The molecule has 1 aromatic heterocycles. The topological polar surface area (TPSA) is 34.5 Å². The number of rotatable bonds is 6. The second kappa shape index (κ2) is 8.31. The molecule has 2 atom stereocenters. The Kier molecular flexibility index (Phi) is 5.36. The fraction of sp³-hybridized carbons (Fsp3) is 0.346. The molecule has 2 aliphatic rings. The number of ketones is 1. The number of benzene rings is 2. The van der Waals surface area contributed by atoms with Gasteiger partial charge in [-0.1, -0.05) is 18.2 Å². The minimum atomic E-state index is -0.315. The van der Waals surface area contributed by atoms with Crippen molar-refractivity contribution in [2.24, 2.45) is 0 Å². The highest BCUT2D eigenvalue weighted by molar-refractivity contribution is 5.95. The third-order valence-electron chi connectivity index (χ3n) is 6.56. The average molecular weight is 419 g/mol. The first-order valence-corrected chi connectivity index (χ1v) is 11.1. The Morgan fingerprint density at radius 3 is 2.65 bits per heavy atom. The Bertz CT molecular complexity index is 1050. The molecule has 1 fully saturated rings. The molecule has 5 heteroatoms. The van der Waals surface area contributed by atoms with E-state index in [1.807, 2.05) is 6.07 Å². The number of carbonyl (C=O) groups excluding carboxylic acids is 1. The van der Waals surface area contributed by atoms with Gasteiger partial charge in [0.05, 0.1) is 0 Å². The highest BCUT2D eigenvalue weighted by Gasteiger charge is 2.51. The molecule has 0 N–H and O–H groups in total. The number of aromatic nitrogens is 1. The summed E-state index contributed by atoms with van der Waals surface area (Å²) in [4.78, 5) is 14.9. The molecule has 0 bridgehead atoms. The van der Waals surface area contributed by atoms with Crippen molar-refractivity contribution in [1.29, 1.82) is 0 Å². The van der Waals surface area contributed by atoms with Crippen LogP contribution < -0.4 is 4.74 Å². The molecule has 160 valence electrons.